The molecule has 0 unspecified atom stereocenters. The van der Waals surface area contributed by atoms with Crippen LogP contribution in [-0.2, 0) is 0 Å². The van der Waals surface area contributed by atoms with Gasteiger partial charge in [-0.15, -0.1) is 12.4 Å². The van der Waals surface area contributed by atoms with Gasteiger partial charge in [0.2, 0.25) is 0 Å². The summed E-state index contributed by atoms with van der Waals surface area (Å²) >= 11 is 0. The smallest absolute Gasteiger partial charge is 0.116 e. The number of likely N-dealkylation sites (N-methyl/N-ethyl adjacent to an activating group) is 1. The fraction of sp³-hybridized carbons (Fsp3) is 0.222. The highest BCUT2D eigenvalue weighted by Gasteiger charge is 2.10. The van der Waals surface area contributed by atoms with Crippen LogP contribution in [0.1, 0.15) is 18.1 Å². The van der Waals surface area contributed by atoms with E-state index in [-0.39, 0.29) is 23.9 Å². The van der Waals surface area contributed by atoms with Gasteiger partial charge in [-0.05, 0) is 62.0 Å². The lowest BCUT2D eigenvalue weighted by atomic mass is 9.93. The number of benzene rings is 2. The van der Waals surface area contributed by atoms with Gasteiger partial charge in [-0.1, -0.05) is 29.8 Å². The average molecular weight is 320 g/mol. The molecule has 0 aliphatic heterocycles. The molecule has 22 heavy (non-hydrogen) atoms. The summed E-state index contributed by atoms with van der Waals surface area (Å²) < 4.78 is 0. The van der Waals surface area contributed by atoms with Gasteiger partial charge >= 0.3 is 0 Å². The zero-order valence-corrected chi connectivity index (χ0v) is 13.9. The van der Waals surface area contributed by atoms with Crippen LogP contribution >= 0.6 is 12.4 Å². The molecule has 0 aliphatic carbocycles. The van der Waals surface area contributed by atoms with Crippen molar-refractivity contribution in [1.29, 1.82) is 0 Å². The number of hydrogen-bond donors (Lipinski definition) is 2. The highest BCUT2D eigenvalue weighted by atomic mass is 35.5. The van der Waals surface area contributed by atoms with E-state index in [1.807, 2.05) is 38.4 Å². The Labute approximate surface area is 137 Å². The van der Waals surface area contributed by atoms with Crippen LogP contribution in [0.4, 0.5) is 0 Å². The third-order valence-corrected chi connectivity index (χ3v) is 3.27. The standard InChI is InChI=1S/C18H21NO2.ClH/c1-13(12-19(2)3)18(14-7-9-16(20)10-8-14)15-5-4-6-17(21)11-15;/h4-11,20-21H,12H2,1-3H3;1H. The summed E-state index contributed by atoms with van der Waals surface area (Å²) in [5.41, 5.74) is 4.29. The Kier molecular flexibility index (Phi) is 6.47. The first-order chi connectivity index (χ1) is 9.97. The van der Waals surface area contributed by atoms with Crippen LogP contribution in [0.25, 0.3) is 5.57 Å². The van der Waals surface area contributed by atoms with Crippen molar-refractivity contribution in [3.8, 4) is 11.5 Å². The normalized spacial score (nSPS) is 11.8. The molecule has 0 radical (unpaired) electrons. The van der Waals surface area contributed by atoms with Gasteiger partial charge in [0.15, 0.2) is 0 Å². The summed E-state index contributed by atoms with van der Waals surface area (Å²) in [6.45, 7) is 2.91. The molecule has 0 bridgehead atoms. The SMILES string of the molecule is CC(CN(C)C)=C(c1ccc(O)cc1)c1cccc(O)c1.Cl. The Bertz CT molecular complexity index is 648. The van der Waals surface area contributed by atoms with E-state index in [0.29, 0.717) is 0 Å². The van der Waals surface area contributed by atoms with E-state index in [1.165, 1.54) is 5.57 Å². The Morgan fingerprint density at radius 3 is 2.09 bits per heavy atom. The maximum atomic E-state index is 9.74. The molecule has 4 heteroatoms. The molecule has 0 aliphatic rings. The summed E-state index contributed by atoms with van der Waals surface area (Å²) in [5, 5.41) is 19.2. The number of halogens is 1. The summed E-state index contributed by atoms with van der Waals surface area (Å²) in [7, 11) is 4.06. The molecule has 0 fully saturated rings. The highest BCUT2D eigenvalue weighted by Crippen LogP contribution is 2.30. The lowest BCUT2D eigenvalue weighted by Crippen LogP contribution is -2.15. The van der Waals surface area contributed by atoms with E-state index in [0.717, 1.165) is 23.2 Å². The van der Waals surface area contributed by atoms with Crippen molar-refractivity contribution in [2.45, 2.75) is 6.92 Å². The Balaban J connectivity index is 0.00000242. The third kappa shape index (κ3) is 4.52. The van der Waals surface area contributed by atoms with Crippen LogP contribution in [0.3, 0.4) is 0 Å². The maximum absolute atomic E-state index is 9.74. The van der Waals surface area contributed by atoms with Crippen molar-refractivity contribution >= 4 is 18.0 Å². The highest BCUT2D eigenvalue weighted by molar-refractivity contribution is 5.85. The molecular formula is C18H22ClNO2. The van der Waals surface area contributed by atoms with Gasteiger partial charge in [0.25, 0.3) is 0 Å². The Hall–Kier alpha value is -1.97. The number of hydrogen-bond acceptors (Lipinski definition) is 3. The quantitative estimate of drug-likeness (QED) is 0.898. The van der Waals surface area contributed by atoms with Crippen molar-refractivity contribution in [3.05, 3.63) is 65.2 Å². The van der Waals surface area contributed by atoms with Gasteiger partial charge in [0.05, 0.1) is 0 Å². The summed E-state index contributed by atoms with van der Waals surface area (Å²) in [6.07, 6.45) is 0. The predicted octanol–water partition coefficient (Wildman–Crippen LogP) is 3.90. The molecule has 0 spiro atoms. The fourth-order valence-corrected chi connectivity index (χ4v) is 2.50. The Morgan fingerprint density at radius 1 is 0.909 bits per heavy atom. The molecule has 0 amide bonds. The van der Waals surface area contributed by atoms with Gasteiger partial charge in [-0.25, -0.2) is 0 Å². The van der Waals surface area contributed by atoms with Crippen LogP contribution < -0.4 is 0 Å². The zero-order chi connectivity index (χ0) is 15.4. The average Bonchev–Trinajstić information content (AvgIpc) is 2.40. The van der Waals surface area contributed by atoms with E-state index >= 15 is 0 Å². The molecule has 3 nitrogen and oxygen atoms in total. The maximum Gasteiger partial charge on any atom is 0.116 e. The first-order valence-corrected chi connectivity index (χ1v) is 6.90. The molecule has 2 N–H and O–H groups in total. The Morgan fingerprint density at radius 2 is 1.55 bits per heavy atom. The number of phenolic OH excluding ortho intramolecular Hbond substituents is 2. The molecule has 118 valence electrons. The van der Waals surface area contributed by atoms with Crippen LogP contribution in [0.5, 0.6) is 11.5 Å². The lowest BCUT2D eigenvalue weighted by Gasteiger charge is -2.17. The van der Waals surface area contributed by atoms with Crippen LogP contribution in [0, 0.1) is 0 Å². The number of phenols is 2. The van der Waals surface area contributed by atoms with Gasteiger partial charge in [-0.3, -0.25) is 0 Å². The molecule has 2 aromatic rings. The second-order valence-corrected chi connectivity index (χ2v) is 5.49. The molecular weight excluding hydrogens is 298 g/mol. The van der Waals surface area contributed by atoms with Gasteiger partial charge in [-0.2, -0.15) is 0 Å². The number of rotatable bonds is 4. The molecule has 2 rings (SSSR count). The van der Waals surface area contributed by atoms with E-state index in [9.17, 15) is 10.2 Å². The van der Waals surface area contributed by atoms with E-state index in [1.54, 1.807) is 24.3 Å². The summed E-state index contributed by atoms with van der Waals surface area (Å²) in [5.74, 6) is 0.501. The minimum Gasteiger partial charge on any atom is -0.508 e. The predicted molar refractivity (Wildman–Crippen MR) is 93.7 cm³/mol. The molecule has 0 heterocycles. The van der Waals surface area contributed by atoms with Crippen LogP contribution in [0.2, 0.25) is 0 Å². The minimum absolute atomic E-state index is 0. The molecule has 2 aromatic carbocycles. The topological polar surface area (TPSA) is 43.7 Å². The van der Waals surface area contributed by atoms with E-state index < -0.39 is 0 Å². The molecule has 0 saturated heterocycles. The van der Waals surface area contributed by atoms with Gasteiger partial charge in [0.1, 0.15) is 11.5 Å². The molecule has 0 atom stereocenters. The monoisotopic (exact) mass is 319 g/mol. The molecule has 0 aromatic heterocycles. The lowest BCUT2D eigenvalue weighted by molar-refractivity contribution is 0.446. The van der Waals surface area contributed by atoms with Crippen molar-refractivity contribution < 1.29 is 10.2 Å². The van der Waals surface area contributed by atoms with E-state index in [2.05, 4.69) is 11.8 Å². The molecule has 0 saturated carbocycles. The second kappa shape index (κ2) is 7.87. The van der Waals surface area contributed by atoms with Crippen molar-refractivity contribution in [2.24, 2.45) is 0 Å². The van der Waals surface area contributed by atoms with E-state index in [4.69, 9.17) is 0 Å². The summed E-state index contributed by atoms with van der Waals surface area (Å²) in [6, 6.07) is 14.4. The van der Waals surface area contributed by atoms with Crippen LogP contribution in [-0.4, -0.2) is 35.8 Å². The van der Waals surface area contributed by atoms with Gasteiger partial charge < -0.3 is 15.1 Å². The largest absolute Gasteiger partial charge is 0.508 e. The first kappa shape index (κ1) is 18.1. The first-order valence-electron chi connectivity index (χ1n) is 6.90. The fourth-order valence-electron chi connectivity index (χ4n) is 2.50. The van der Waals surface area contributed by atoms with Gasteiger partial charge in [0, 0.05) is 6.54 Å². The zero-order valence-electron chi connectivity index (χ0n) is 13.1. The minimum atomic E-state index is 0. The summed E-state index contributed by atoms with van der Waals surface area (Å²) in [4.78, 5) is 2.11. The van der Waals surface area contributed by atoms with Crippen molar-refractivity contribution in [1.82, 2.24) is 4.90 Å². The third-order valence-electron chi connectivity index (χ3n) is 3.27. The number of nitrogens with zero attached hydrogens (tertiary/aromatic N) is 1. The van der Waals surface area contributed by atoms with Crippen molar-refractivity contribution in [3.63, 3.8) is 0 Å². The van der Waals surface area contributed by atoms with Crippen LogP contribution in [0.15, 0.2) is 54.1 Å². The van der Waals surface area contributed by atoms with Crippen molar-refractivity contribution in [2.75, 3.05) is 20.6 Å². The number of aromatic hydroxyl groups is 2. The second-order valence-electron chi connectivity index (χ2n) is 5.49.